The minimum absolute atomic E-state index is 0.135. The molecule has 11 heavy (non-hydrogen) atoms. The second kappa shape index (κ2) is 1.91. The number of carbonyl (C=O) groups excluding carboxylic acids is 1. The number of nitrogens with zero attached hydrogens (tertiary/aromatic N) is 2. The third-order valence-corrected chi connectivity index (χ3v) is 1.52. The highest BCUT2D eigenvalue weighted by Gasteiger charge is 2.26. The van der Waals surface area contributed by atoms with E-state index in [0.717, 1.165) is 0 Å². The van der Waals surface area contributed by atoms with E-state index >= 15 is 0 Å². The zero-order chi connectivity index (χ0) is 7.84. The minimum Gasteiger partial charge on any atom is -0.370 e. The van der Waals surface area contributed by atoms with E-state index in [1.54, 1.807) is 12.3 Å². The standard InChI is InChI=1S/C6H6N4O/c7-6-9-4-3(1-2-8-4)5(11)10-6/h1-2,4H,(H3,7,9,10,11). The topological polar surface area (TPSA) is 79.8 Å². The lowest BCUT2D eigenvalue weighted by atomic mass is 10.2. The number of aliphatic imine (C=N–C) groups is 2. The fourth-order valence-electron chi connectivity index (χ4n) is 1.02. The SMILES string of the molecule is NC1=NC2N=CC=C2C(=O)N1. The predicted octanol–water partition coefficient (Wildman–Crippen LogP) is -1.23. The highest BCUT2D eigenvalue weighted by atomic mass is 16.2. The number of rotatable bonds is 0. The Morgan fingerprint density at radius 2 is 2.45 bits per heavy atom. The predicted molar refractivity (Wildman–Crippen MR) is 40.1 cm³/mol. The van der Waals surface area contributed by atoms with Crippen LogP contribution in [0.15, 0.2) is 21.6 Å². The molecule has 5 nitrogen and oxygen atoms in total. The molecule has 1 unspecified atom stereocenters. The fraction of sp³-hybridized carbons (Fsp3) is 0.167. The highest BCUT2D eigenvalue weighted by Crippen LogP contribution is 2.15. The number of nitrogens with one attached hydrogen (secondary N) is 1. The van der Waals surface area contributed by atoms with Crippen molar-refractivity contribution in [1.82, 2.24) is 5.32 Å². The van der Waals surface area contributed by atoms with Gasteiger partial charge >= 0.3 is 0 Å². The van der Waals surface area contributed by atoms with E-state index in [2.05, 4.69) is 15.3 Å². The lowest BCUT2D eigenvalue weighted by Crippen LogP contribution is -2.43. The van der Waals surface area contributed by atoms with Crippen LogP contribution in [-0.4, -0.2) is 24.2 Å². The summed E-state index contributed by atoms with van der Waals surface area (Å²) in [5, 5.41) is 2.39. The molecular formula is C6H6N4O. The Morgan fingerprint density at radius 3 is 3.27 bits per heavy atom. The summed E-state index contributed by atoms with van der Waals surface area (Å²) >= 11 is 0. The quantitative estimate of drug-likeness (QED) is 0.453. The van der Waals surface area contributed by atoms with E-state index in [0.29, 0.717) is 5.57 Å². The van der Waals surface area contributed by atoms with Gasteiger partial charge in [-0.3, -0.25) is 15.1 Å². The zero-order valence-corrected chi connectivity index (χ0v) is 5.61. The van der Waals surface area contributed by atoms with Gasteiger partial charge in [-0.2, -0.15) is 0 Å². The average molecular weight is 150 g/mol. The number of nitrogens with two attached hydrogens (primary N) is 1. The third-order valence-electron chi connectivity index (χ3n) is 1.52. The van der Waals surface area contributed by atoms with Crippen LogP contribution in [-0.2, 0) is 4.79 Å². The summed E-state index contributed by atoms with van der Waals surface area (Å²) < 4.78 is 0. The van der Waals surface area contributed by atoms with Gasteiger partial charge in [-0.15, -0.1) is 0 Å². The molecule has 2 aliphatic heterocycles. The molecule has 0 aromatic carbocycles. The number of fused-ring (bicyclic) bond motifs is 1. The maximum absolute atomic E-state index is 11.1. The van der Waals surface area contributed by atoms with Crippen LogP contribution >= 0.6 is 0 Å². The molecule has 1 atom stereocenters. The molecule has 2 aliphatic rings. The molecule has 0 radical (unpaired) electrons. The highest BCUT2D eigenvalue weighted by molar-refractivity contribution is 6.10. The van der Waals surface area contributed by atoms with Crippen molar-refractivity contribution in [2.75, 3.05) is 0 Å². The Bertz CT molecular complexity index is 302. The Morgan fingerprint density at radius 1 is 1.64 bits per heavy atom. The average Bonchev–Trinajstić information content (AvgIpc) is 2.34. The molecule has 0 fully saturated rings. The molecule has 0 bridgehead atoms. The fourth-order valence-corrected chi connectivity index (χ4v) is 1.02. The van der Waals surface area contributed by atoms with Crippen LogP contribution in [0, 0.1) is 0 Å². The van der Waals surface area contributed by atoms with E-state index in [-0.39, 0.29) is 11.9 Å². The van der Waals surface area contributed by atoms with Crippen molar-refractivity contribution in [2.45, 2.75) is 6.17 Å². The van der Waals surface area contributed by atoms with Crippen LogP contribution in [0.3, 0.4) is 0 Å². The molecule has 0 saturated heterocycles. The molecule has 5 heteroatoms. The van der Waals surface area contributed by atoms with Crippen molar-refractivity contribution < 1.29 is 4.79 Å². The molecule has 0 spiro atoms. The Kier molecular flexibility index (Phi) is 1.06. The van der Waals surface area contributed by atoms with Crippen molar-refractivity contribution in [3.05, 3.63) is 11.6 Å². The molecule has 56 valence electrons. The van der Waals surface area contributed by atoms with Crippen LogP contribution < -0.4 is 11.1 Å². The number of hydrogen-bond donors (Lipinski definition) is 2. The number of carbonyl (C=O) groups is 1. The lowest BCUT2D eigenvalue weighted by Gasteiger charge is -2.15. The van der Waals surface area contributed by atoms with E-state index in [9.17, 15) is 4.79 Å². The summed E-state index contributed by atoms with van der Waals surface area (Å²) in [7, 11) is 0. The second-order valence-corrected chi connectivity index (χ2v) is 2.26. The second-order valence-electron chi connectivity index (χ2n) is 2.26. The van der Waals surface area contributed by atoms with Gasteiger partial charge in [-0.25, -0.2) is 4.99 Å². The van der Waals surface area contributed by atoms with Gasteiger partial charge in [0, 0.05) is 6.21 Å². The molecule has 2 heterocycles. The van der Waals surface area contributed by atoms with Crippen molar-refractivity contribution >= 4 is 18.1 Å². The van der Waals surface area contributed by atoms with Gasteiger partial charge in [0.2, 0.25) is 0 Å². The Hall–Kier alpha value is -1.65. The lowest BCUT2D eigenvalue weighted by molar-refractivity contribution is -0.116. The first-order valence-electron chi connectivity index (χ1n) is 3.15. The third kappa shape index (κ3) is 0.813. The van der Waals surface area contributed by atoms with Gasteiger partial charge in [0.15, 0.2) is 12.1 Å². The maximum atomic E-state index is 11.1. The van der Waals surface area contributed by atoms with Gasteiger partial charge in [-0.1, -0.05) is 0 Å². The Labute approximate surface area is 62.7 Å². The number of guanidine groups is 1. The Balaban J connectivity index is 2.42. The zero-order valence-electron chi connectivity index (χ0n) is 5.61. The van der Waals surface area contributed by atoms with Gasteiger partial charge in [-0.05, 0) is 6.08 Å². The van der Waals surface area contributed by atoms with Crippen molar-refractivity contribution in [3.8, 4) is 0 Å². The maximum Gasteiger partial charge on any atom is 0.258 e. The molecule has 1 amide bonds. The van der Waals surface area contributed by atoms with Gasteiger partial charge in [0.1, 0.15) is 0 Å². The summed E-state index contributed by atoms with van der Waals surface area (Å²) in [5.74, 6) is -0.0730. The molecular weight excluding hydrogens is 144 g/mol. The first-order valence-corrected chi connectivity index (χ1v) is 3.15. The van der Waals surface area contributed by atoms with Gasteiger partial charge in [0.25, 0.3) is 5.91 Å². The number of amides is 1. The van der Waals surface area contributed by atoms with Crippen molar-refractivity contribution in [1.29, 1.82) is 0 Å². The number of hydrogen-bond acceptors (Lipinski definition) is 4. The molecule has 3 N–H and O–H groups in total. The van der Waals surface area contributed by atoms with E-state index < -0.39 is 6.17 Å². The van der Waals surface area contributed by atoms with Gasteiger partial charge < -0.3 is 5.73 Å². The summed E-state index contributed by atoms with van der Waals surface area (Å²) in [4.78, 5) is 18.9. The first-order chi connectivity index (χ1) is 5.27. The molecule has 0 aromatic rings. The molecule has 0 saturated carbocycles. The van der Waals surface area contributed by atoms with E-state index in [4.69, 9.17) is 5.73 Å². The van der Waals surface area contributed by atoms with E-state index in [1.807, 2.05) is 0 Å². The van der Waals surface area contributed by atoms with Crippen LogP contribution in [0.5, 0.6) is 0 Å². The molecule has 2 rings (SSSR count). The summed E-state index contributed by atoms with van der Waals surface area (Å²) in [6.45, 7) is 0. The molecule has 0 aliphatic carbocycles. The van der Waals surface area contributed by atoms with Crippen LogP contribution in [0.25, 0.3) is 0 Å². The summed E-state index contributed by atoms with van der Waals surface area (Å²) in [6.07, 6.45) is 2.79. The smallest absolute Gasteiger partial charge is 0.258 e. The van der Waals surface area contributed by atoms with Crippen LogP contribution in [0.2, 0.25) is 0 Å². The molecule has 0 aromatic heterocycles. The minimum atomic E-state index is -0.399. The number of allylic oxidation sites excluding steroid dienone is 1. The summed E-state index contributed by atoms with van der Waals surface area (Å²) in [5.41, 5.74) is 5.85. The van der Waals surface area contributed by atoms with Crippen molar-refractivity contribution in [3.63, 3.8) is 0 Å². The van der Waals surface area contributed by atoms with Crippen LogP contribution in [0.1, 0.15) is 0 Å². The monoisotopic (exact) mass is 150 g/mol. The first kappa shape index (κ1) is 6.09. The van der Waals surface area contributed by atoms with Gasteiger partial charge in [0.05, 0.1) is 5.57 Å². The normalized spacial score (nSPS) is 27.3. The van der Waals surface area contributed by atoms with E-state index in [1.165, 1.54) is 0 Å². The van der Waals surface area contributed by atoms with Crippen LogP contribution in [0.4, 0.5) is 0 Å². The largest absolute Gasteiger partial charge is 0.370 e. The van der Waals surface area contributed by atoms with Crippen molar-refractivity contribution in [2.24, 2.45) is 15.7 Å². The summed E-state index contributed by atoms with van der Waals surface area (Å²) in [6, 6.07) is 0.